The largest absolute Gasteiger partial charge is 0.478 e. The van der Waals surface area contributed by atoms with Crippen molar-refractivity contribution in [3.05, 3.63) is 65.0 Å². The van der Waals surface area contributed by atoms with Crippen molar-refractivity contribution in [1.82, 2.24) is 4.98 Å². The summed E-state index contributed by atoms with van der Waals surface area (Å²) in [5.41, 5.74) is 1.92. The summed E-state index contributed by atoms with van der Waals surface area (Å²) in [7, 11) is 1.30. The van der Waals surface area contributed by atoms with E-state index in [0.29, 0.717) is 5.69 Å². The number of benzene rings is 1. The molecule has 2 rings (SSSR count). The summed E-state index contributed by atoms with van der Waals surface area (Å²) in [6.07, 6.45) is 0. The predicted molar refractivity (Wildman–Crippen MR) is 79.7 cm³/mol. The number of aromatic carboxylic acids is 1. The van der Waals surface area contributed by atoms with Crippen molar-refractivity contribution in [2.45, 2.75) is 4.83 Å². The Hall–Kier alpha value is -2.21. The lowest BCUT2D eigenvalue weighted by molar-refractivity contribution is 0.0593. The first-order chi connectivity index (χ1) is 10.0. The van der Waals surface area contributed by atoms with E-state index in [1.165, 1.54) is 19.2 Å². The third-order valence-electron chi connectivity index (χ3n) is 2.88. The average Bonchev–Trinajstić information content (AvgIpc) is 2.53. The van der Waals surface area contributed by atoms with Crippen LogP contribution in [-0.2, 0) is 4.74 Å². The molecule has 0 fully saturated rings. The number of esters is 1. The summed E-state index contributed by atoms with van der Waals surface area (Å²) >= 11 is 3.50. The van der Waals surface area contributed by atoms with Gasteiger partial charge in [-0.1, -0.05) is 34.1 Å². The maximum atomic E-state index is 11.5. The molecule has 0 spiro atoms. The molecule has 0 bridgehead atoms. The Kier molecular flexibility index (Phi) is 4.70. The summed E-state index contributed by atoms with van der Waals surface area (Å²) in [4.78, 5) is 26.3. The van der Waals surface area contributed by atoms with Crippen molar-refractivity contribution in [1.29, 1.82) is 0 Å². The number of pyridine rings is 1. The van der Waals surface area contributed by atoms with Crippen LogP contribution in [0.1, 0.15) is 36.9 Å². The van der Waals surface area contributed by atoms with Gasteiger partial charge >= 0.3 is 11.9 Å². The molecule has 0 aliphatic heterocycles. The van der Waals surface area contributed by atoms with E-state index in [-0.39, 0.29) is 16.1 Å². The Morgan fingerprint density at radius 2 is 1.86 bits per heavy atom. The van der Waals surface area contributed by atoms with E-state index in [4.69, 9.17) is 5.11 Å². The molecule has 2 aromatic rings. The summed E-state index contributed by atoms with van der Waals surface area (Å²) in [6, 6.07) is 11.5. The van der Waals surface area contributed by atoms with Gasteiger partial charge in [0.15, 0.2) is 0 Å². The fourth-order valence-electron chi connectivity index (χ4n) is 1.78. The molecule has 1 aromatic heterocycles. The van der Waals surface area contributed by atoms with E-state index in [1.54, 1.807) is 30.3 Å². The highest BCUT2D eigenvalue weighted by molar-refractivity contribution is 9.09. The van der Waals surface area contributed by atoms with Crippen molar-refractivity contribution in [2.75, 3.05) is 7.11 Å². The fraction of sp³-hybridized carbons (Fsp3) is 0.133. The van der Waals surface area contributed by atoms with Crippen LogP contribution in [0, 0.1) is 0 Å². The van der Waals surface area contributed by atoms with Crippen LogP contribution in [0.15, 0.2) is 42.5 Å². The summed E-state index contributed by atoms with van der Waals surface area (Å²) < 4.78 is 4.64. The van der Waals surface area contributed by atoms with Gasteiger partial charge in [-0.05, 0) is 29.8 Å². The van der Waals surface area contributed by atoms with Crippen LogP contribution in [0.3, 0.4) is 0 Å². The second kappa shape index (κ2) is 6.49. The normalized spacial score (nSPS) is 11.7. The highest BCUT2D eigenvalue weighted by Gasteiger charge is 2.15. The first-order valence-electron chi connectivity index (χ1n) is 6.05. The SMILES string of the molecule is COC(=O)c1cccc(C(Br)c2ccc(C(=O)O)cc2)n1. The monoisotopic (exact) mass is 349 g/mol. The number of halogens is 1. The smallest absolute Gasteiger partial charge is 0.356 e. The lowest BCUT2D eigenvalue weighted by Gasteiger charge is -2.11. The zero-order chi connectivity index (χ0) is 15.4. The van der Waals surface area contributed by atoms with Crippen LogP contribution >= 0.6 is 15.9 Å². The van der Waals surface area contributed by atoms with Crippen molar-refractivity contribution < 1.29 is 19.4 Å². The zero-order valence-electron chi connectivity index (χ0n) is 11.1. The lowest BCUT2D eigenvalue weighted by Crippen LogP contribution is -2.07. The van der Waals surface area contributed by atoms with Crippen LogP contribution in [0.5, 0.6) is 0 Å². The van der Waals surface area contributed by atoms with E-state index < -0.39 is 11.9 Å². The minimum absolute atomic E-state index is 0.217. The van der Waals surface area contributed by atoms with Crippen LogP contribution in [-0.4, -0.2) is 29.1 Å². The van der Waals surface area contributed by atoms with Crippen molar-refractivity contribution >= 4 is 27.9 Å². The number of carbonyl (C=O) groups is 2. The maximum Gasteiger partial charge on any atom is 0.356 e. The number of alkyl halides is 1. The minimum atomic E-state index is -0.974. The predicted octanol–water partition coefficient (Wildman–Crippen LogP) is 3.05. The van der Waals surface area contributed by atoms with E-state index in [9.17, 15) is 9.59 Å². The van der Waals surface area contributed by atoms with E-state index in [0.717, 1.165) is 5.56 Å². The minimum Gasteiger partial charge on any atom is -0.478 e. The topological polar surface area (TPSA) is 76.5 Å². The zero-order valence-corrected chi connectivity index (χ0v) is 12.7. The molecule has 1 heterocycles. The number of methoxy groups -OCH3 is 1. The van der Waals surface area contributed by atoms with Crippen molar-refractivity contribution in [3.8, 4) is 0 Å². The van der Waals surface area contributed by atoms with Crippen LogP contribution in [0.4, 0.5) is 0 Å². The Morgan fingerprint density at radius 3 is 2.43 bits per heavy atom. The second-order valence-corrected chi connectivity index (χ2v) is 5.14. The Balaban J connectivity index is 2.29. The third-order valence-corrected chi connectivity index (χ3v) is 3.87. The molecule has 1 N–H and O–H groups in total. The fourth-order valence-corrected chi connectivity index (χ4v) is 2.34. The molecule has 0 saturated carbocycles. The number of carboxylic acids is 1. The molecular formula is C15H12BrNO4. The number of rotatable bonds is 4. The van der Waals surface area contributed by atoms with Gasteiger partial charge in [-0.25, -0.2) is 14.6 Å². The number of carbonyl (C=O) groups excluding carboxylic acids is 1. The number of ether oxygens (including phenoxy) is 1. The molecule has 6 heteroatoms. The first kappa shape index (κ1) is 15.2. The molecule has 21 heavy (non-hydrogen) atoms. The molecule has 5 nitrogen and oxygen atoms in total. The standard InChI is InChI=1S/C15H12BrNO4/c1-21-15(20)12-4-2-3-11(17-12)13(16)9-5-7-10(8-6-9)14(18)19/h2-8,13H,1H3,(H,18,19). The highest BCUT2D eigenvalue weighted by Crippen LogP contribution is 2.29. The van der Waals surface area contributed by atoms with Gasteiger partial charge in [-0.3, -0.25) is 0 Å². The van der Waals surface area contributed by atoms with Crippen LogP contribution < -0.4 is 0 Å². The highest BCUT2D eigenvalue weighted by atomic mass is 79.9. The van der Waals surface area contributed by atoms with Gasteiger partial charge in [-0.2, -0.15) is 0 Å². The number of nitrogens with zero attached hydrogens (tertiary/aromatic N) is 1. The molecule has 1 atom stereocenters. The number of carboxylic acid groups (broad SMARTS) is 1. The van der Waals surface area contributed by atoms with E-state index in [1.807, 2.05) is 0 Å². The third kappa shape index (κ3) is 3.46. The van der Waals surface area contributed by atoms with Crippen molar-refractivity contribution in [3.63, 3.8) is 0 Å². The van der Waals surface area contributed by atoms with Gasteiger partial charge in [0.05, 0.1) is 23.2 Å². The van der Waals surface area contributed by atoms with Crippen molar-refractivity contribution in [2.24, 2.45) is 0 Å². The maximum absolute atomic E-state index is 11.5. The molecule has 108 valence electrons. The van der Waals surface area contributed by atoms with Gasteiger partial charge in [0.2, 0.25) is 0 Å². The van der Waals surface area contributed by atoms with Gasteiger partial charge in [0, 0.05) is 0 Å². The van der Waals surface area contributed by atoms with Gasteiger partial charge in [0.25, 0.3) is 0 Å². The molecule has 0 saturated heterocycles. The Morgan fingerprint density at radius 1 is 1.19 bits per heavy atom. The number of hydrogen-bond acceptors (Lipinski definition) is 4. The molecule has 1 aromatic carbocycles. The Labute approximate surface area is 129 Å². The molecule has 1 unspecified atom stereocenters. The second-order valence-electron chi connectivity index (χ2n) is 4.23. The average molecular weight is 350 g/mol. The lowest BCUT2D eigenvalue weighted by atomic mass is 10.1. The molecular weight excluding hydrogens is 338 g/mol. The molecule has 0 amide bonds. The van der Waals surface area contributed by atoms with Gasteiger partial charge < -0.3 is 9.84 Å². The summed E-state index contributed by atoms with van der Waals surface area (Å²) in [5, 5.41) is 8.88. The Bertz CT molecular complexity index is 670. The quantitative estimate of drug-likeness (QED) is 0.678. The van der Waals surface area contributed by atoms with Gasteiger partial charge in [0.1, 0.15) is 5.69 Å². The van der Waals surface area contributed by atoms with E-state index in [2.05, 4.69) is 25.7 Å². The number of aromatic nitrogens is 1. The van der Waals surface area contributed by atoms with Crippen LogP contribution in [0.25, 0.3) is 0 Å². The molecule has 0 aliphatic carbocycles. The van der Waals surface area contributed by atoms with Crippen LogP contribution in [0.2, 0.25) is 0 Å². The summed E-state index contributed by atoms with van der Waals surface area (Å²) in [6.45, 7) is 0. The number of hydrogen-bond donors (Lipinski definition) is 1. The summed E-state index contributed by atoms with van der Waals surface area (Å²) in [5.74, 6) is -1.48. The first-order valence-corrected chi connectivity index (χ1v) is 6.97. The van der Waals surface area contributed by atoms with Gasteiger partial charge in [-0.15, -0.1) is 0 Å². The molecule has 0 aliphatic rings. The molecule has 0 radical (unpaired) electrons. The van der Waals surface area contributed by atoms with E-state index >= 15 is 0 Å².